The van der Waals surface area contributed by atoms with Crippen LogP contribution >= 0.6 is 0 Å². The summed E-state index contributed by atoms with van der Waals surface area (Å²) in [5.74, 6) is 0.252. The first kappa shape index (κ1) is 19.2. The second-order valence-electron chi connectivity index (χ2n) is 7.13. The van der Waals surface area contributed by atoms with Crippen molar-refractivity contribution in [3.8, 4) is 0 Å². The van der Waals surface area contributed by atoms with E-state index in [9.17, 15) is 4.79 Å². The van der Waals surface area contributed by atoms with Crippen molar-refractivity contribution in [2.75, 3.05) is 6.61 Å². The molecule has 2 aromatic carbocycles. The molecule has 1 aliphatic rings. The quantitative estimate of drug-likeness (QED) is 0.549. The van der Waals surface area contributed by atoms with Gasteiger partial charge in [0.05, 0.1) is 11.7 Å². The molecule has 27 heavy (non-hydrogen) atoms. The van der Waals surface area contributed by atoms with Crippen LogP contribution in [-0.2, 0) is 14.2 Å². The summed E-state index contributed by atoms with van der Waals surface area (Å²) in [5, 5.41) is 0. The Balaban J connectivity index is 1.58. The van der Waals surface area contributed by atoms with E-state index in [-0.39, 0.29) is 24.3 Å². The van der Waals surface area contributed by atoms with E-state index in [1.807, 2.05) is 57.2 Å². The van der Waals surface area contributed by atoms with Crippen molar-refractivity contribution in [2.24, 2.45) is 0 Å². The highest BCUT2D eigenvalue weighted by atomic mass is 16.6. The van der Waals surface area contributed by atoms with Gasteiger partial charge in [0.1, 0.15) is 24.6 Å². The van der Waals surface area contributed by atoms with E-state index >= 15 is 0 Å². The van der Waals surface area contributed by atoms with Crippen LogP contribution in [0.4, 0.5) is 0 Å². The number of ether oxygens (including phenoxy) is 3. The highest BCUT2D eigenvalue weighted by Crippen LogP contribution is 2.26. The molecule has 1 saturated heterocycles. The Morgan fingerprint density at radius 1 is 1.04 bits per heavy atom. The average molecular weight is 366 g/mol. The van der Waals surface area contributed by atoms with Crippen molar-refractivity contribution in [1.29, 1.82) is 0 Å². The molecule has 0 aromatic heterocycles. The summed E-state index contributed by atoms with van der Waals surface area (Å²) in [6.45, 7) is 10.3. The van der Waals surface area contributed by atoms with E-state index < -0.39 is 0 Å². The molecular weight excluding hydrogens is 340 g/mol. The number of hydrogen-bond acceptors (Lipinski definition) is 4. The molecule has 0 saturated carbocycles. The van der Waals surface area contributed by atoms with Crippen molar-refractivity contribution in [1.82, 2.24) is 0 Å². The van der Waals surface area contributed by atoms with Gasteiger partial charge >= 0.3 is 5.97 Å². The smallest absolute Gasteiger partial charge is 0.338 e. The average Bonchev–Trinajstić information content (AvgIpc) is 3.00. The van der Waals surface area contributed by atoms with Gasteiger partial charge < -0.3 is 14.2 Å². The summed E-state index contributed by atoms with van der Waals surface area (Å²) in [6, 6.07) is 15.3. The SMILES string of the molecule is C=C(OC[C@H]1O[C@H](C)C[C@@H]1OC(=O)c1ccc(C)cc1)c1ccc(C)cc1. The lowest BCUT2D eigenvalue weighted by Gasteiger charge is -2.20. The van der Waals surface area contributed by atoms with Crippen LogP contribution in [0.2, 0.25) is 0 Å². The van der Waals surface area contributed by atoms with Gasteiger partial charge in [-0.2, -0.15) is 0 Å². The molecule has 0 amide bonds. The molecule has 4 heteroatoms. The van der Waals surface area contributed by atoms with E-state index in [0.29, 0.717) is 24.4 Å². The van der Waals surface area contributed by atoms with Crippen molar-refractivity contribution in [3.63, 3.8) is 0 Å². The third-order valence-corrected chi connectivity index (χ3v) is 4.73. The van der Waals surface area contributed by atoms with Crippen LogP contribution in [0, 0.1) is 13.8 Å². The summed E-state index contributed by atoms with van der Waals surface area (Å²) in [5.41, 5.74) is 3.76. The number of benzene rings is 2. The van der Waals surface area contributed by atoms with Crippen molar-refractivity contribution in [2.45, 2.75) is 45.5 Å². The van der Waals surface area contributed by atoms with Crippen LogP contribution in [0.5, 0.6) is 0 Å². The van der Waals surface area contributed by atoms with Crippen LogP contribution < -0.4 is 0 Å². The van der Waals surface area contributed by atoms with Gasteiger partial charge in [-0.3, -0.25) is 0 Å². The molecule has 1 aliphatic heterocycles. The molecule has 3 atom stereocenters. The fourth-order valence-electron chi connectivity index (χ4n) is 3.09. The van der Waals surface area contributed by atoms with Crippen molar-refractivity contribution in [3.05, 3.63) is 77.4 Å². The van der Waals surface area contributed by atoms with Crippen molar-refractivity contribution < 1.29 is 19.0 Å². The predicted octanol–water partition coefficient (Wildman–Crippen LogP) is 4.69. The van der Waals surface area contributed by atoms with E-state index in [4.69, 9.17) is 14.2 Å². The third kappa shape index (κ3) is 4.98. The third-order valence-electron chi connectivity index (χ3n) is 4.73. The molecule has 0 unspecified atom stereocenters. The van der Waals surface area contributed by atoms with Crippen LogP contribution in [0.15, 0.2) is 55.1 Å². The number of carbonyl (C=O) groups excluding carboxylic acids is 1. The van der Waals surface area contributed by atoms with E-state index in [0.717, 1.165) is 11.1 Å². The van der Waals surface area contributed by atoms with Crippen LogP contribution in [0.3, 0.4) is 0 Å². The summed E-state index contributed by atoms with van der Waals surface area (Å²) in [4.78, 5) is 12.4. The first-order valence-electron chi connectivity index (χ1n) is 9.24. The first-order valence-corrected chi connectivity index (χ1v) is 9.24. The Bertz CT molecular complexity index is 792. The second kappa shape index (κ2) is 8.40. The topological polar surface area (TPSA) is 44.8 Å². The summed E-state index contributed by atoms with van der Waals surface area (Å²) in [6.07, 6.45) is 0.0288. The maximum absolute atomic E-state index is 12.4. The van der Waals surface area contributed by atoms with Gasteiger partial charge in [0.15, 0.2) is 0 Å². The van der Waals surface area contributed by atoms with Gasteiger partial charge in [0, 0.05) is 12.0 Å². The maximum atomic E-state index is 12.4. The molecule has 3 rings (SSSR count). The monoisotopic (exact) mass is 366 g/mol. The minimum Gasteiger partial charge on any atom is -0.491 e. The lowest BCUT2D eigenvalue weighted by Crippen LogP contribution is -2.31. The van der Waals surface area contributed by atoms with E-state index in [1.54, 1.807) is 12.1 Å². The molecule has 4 nitrogen and oxygen atoms in total. The molecule has 0 radical (unpaired) electrons. The molecule has 1 fully saturated rings. The Morgan fingerprint density at radius 2 is 1.59 bits per heavy atom. The normalized spacial score (nSPS) is 21.7. The molecule has 2 aromatic rings. The van der Waals surface area contributed by atoms with E-state index in [1.165, 1.54) is 5.56 Å². The molecule has 142 valence electrons. The molecular formula is C23H26O4. The highest BCUT2D eigenvalue weighted by Gasteiger charge is 2.36. The van der Waals surface area contributed by atoms with E-state index in [2.05, 4.69) is 6.58 Å². The summed E-state index contributed by atoms with van der Waals surface area (Å²) in [7, 11) is 0. The van der Waals surface area contributed by atoms with Gasteiger partial charge in [-0.15, -0.1) is 0 Å². The number of esters is 1. The molecule has 0 spiro atoms. The van der Waals surface area contributed by atoms with Crippen LogP contribution in [0.25, 0.3) is 5.76 Å². The van der Waals surface area contributed by atoms with Gasteiger partial charge in [-0.25, -0.2) is 4.79 Å². The zero-order valence-corrected chi connectivity index (χ0v) is 16.1. The molecule has 1 heterocycles. The first-order chi connectivity index (χ1) is 12.9. The molecule has 0 aliphatic carbocycles. The Hall–Kier alpha value is -2.59. The summed E-state index contributed by atoms with van der Waals surface area (Å²) < 4.78 is 17.4. The minimum absolute atomic E-state index is 0.0158. The minimum atomic E-state index is -0.334. The van der Waals surface area contributed by atoms with Gasteiger partial charge in [-0.05, 0) is 32.9 Å². The van der Waals surface area contributed by atoms with Crippen LogP contribution in [-0.4, -0.2) is 30.9 Å². The summed E-state index contributed by atoms with van der Waals surface area (Å²) >= 11 is 0. The lowest BCUT2D eigenvalue weighted by atomic mass is 10.1. The molecule has 0 bridgehead atoms. The Labute approximate surface area is 160 Å². The zero-order valence-electron chi connectivity index (χ0n) is 16.1. The molecule has 0 N–H and O–H groups in total. The van der Waals surface area contributed by atoms with Gasteiger partial charge in [0.2, 0.25) is 0 Å². The number of rotatable bonds is 6. The number of hydrogen-bond donors (Lipinski definition) is 0. The maximum Gasteiger partial charge on any atom is 0.338 e. The number of aryl methyl sites for hydroxylation is 2. The lowest BCUT2D eigenvalue weighted by molar-refractivity contribution is -0.0308. The Kier molecular flexibility index (Phi) is 5.97. The largest absolute Gasteiger partial charge is 0.491 e. The fraction of sp³-hybridized carbons (Fsp3) is 0.348. The highest BCUT2D eigenvalue weighted by molar-refractivity contribution is 5.89. The fourth-order valence-corrected chi connectivity index (χ4v) is 3.09. The van der Waals surface area contributed by atoms with Crippen LogP contribution in [0.1, 0.15) is 40.4 Å². The standard InChI is InChI=1S/C23H26O4/c1-15-5-9-19(10-6-15)18(4)25-14-22-21(13-17(3)26-22)27-23(24)20-11-7-16(2)8-12-20/h5-12,17,21-22H,4,13-14H2,1-3H3/t17-,21+,22-/m1/s1. The number of carbonyl (C=O) groups is 1. The van der Waals surface area contributed by atoms with Crippen molar-refractivity contribution >= 4 is 11.7 Å². The predicted molar refractivity (Wildman–Crippen MR) is 105 cm³/mol. The Morgan fingerprint density at radius 3 is 2.19 bits per heavy atom. The zero-order chi connectivity index (χ0) is 19.4. The van der Waals surface area contributed by atoms with Gasteiger partial charge in [-0.1, -0.05) is 54.1 Å². The second-order valence-corrected chi connectivity index (χ2v) is 7.13. The van der Waals surface area contributed by atoms with Gasteiger partial charge in [0.25, 0.3) is 0 Å².